The molecule has 1 rings (SSSR count). The molecule has 0 bridgehead atoms. The van der Waals surface area contributed by atoms with Gasteiger partial charge in [0.05, 0.1) is 19.6 Å². The molecule has 3 nitrogen and oxygen atoms in total. The van der Waals surface area contributed by atoms with Gasteiger partial charge in [0.2, 0.25) is 0 Å². The number of nitrogens with zero attached hydrogens (tertiary/aromatic N) is 1. The highest BCUT2D eigenvalue weighted by atomic mass is 19.4. The molecule has 0 saturated carbocycles. The zero-order valence-corrected chi connectivity index (χ0v) is 13.2. The number of hydrogen-bond acceptors (Lipinski definition) is 3. The van der Waals surface area contributed by atoms with Crippen molar-refractivity contribution in [3.8, 4) is 0 Å². The highest BCUT2D eigenvalue weighted by Crippen LogP contribution is 2.20. The average molecular weight is 306 g/mol. The second-order valence-electron chi connectivity index (χ2n) is 5.76. The minimum atomic E-state index is -4.18. The van der Waals surface area contributed by atoms with Gasteiger partial charge in [-0.05, 0) is 37.6 Å². The minimum Gasteiger partial charge on any atom is -0.463 e. The maximum Gasteiger partial charge on any atom is 0.401 e. The number of hydrogen-bond donors (Lipinski definition) is 1. The zero-order valence-electron chi connectivity index (χ0n) is 13.2. The van der Waals surface area contributed by atoms with Crippen molar-refractivity contribution in [2.24, 2.45) is 5.92 Å². The zero-order chi connectivity index (χ0) is 16.0. The van der Waals surface area contributed by atoms with E-state index in [-0.39, 0.29) is 6.54 Å². The van der Waals surface area contributed by atoms with Gasteiger partial charge in [-0.15, -0.1) is 0 Å². The Morgan fingerprint density at radius 1 is 1.33 bits per heavy atom. The summed E-state index contributed by atoms with van der Waals surface area (Å²) in [5.41, 5.74) is 0.976. The Morgan fingerprint density at radius 2 is 2.00 bits per heavy atom. The standard InChI is InChI=1S/C15H25F3N2O/c1-5-20(10-15(16,17)18)9-13-6-12(4)14(21-13)8-19-7-11(2)3/h6,11,19H,5,7-10H2,1-4H3. The number of halogens is 3. The van der Waals surface area contributed by atoms with Crippen molar-refractivity contribution in [1.29, 1.82) is 0 Å². The molecule has 0 aliphatic heterocycles. The third-order valence-corrected chi connectivity index (χ3v) is 3.14. The van der Waals surface area contributed by atoms with Crippen LogP contribution in [-0.4, -0.2) is 30.7 Å². The summed E-state index contributed by atoms with van der Waals surface area (Å²) in [6.45, 7) is 8.95. The van der Waals surface area contributed by atoms with E-state index in [1.54, 1.807) is 6.92 Å². The SMILES string of the molecule is CCN(Cc1cc(C)c(CNCC(C)C)o1)CC(F)(F)F. The third-order valence-electron chi connectivity index (χ3n) is 3.14. The van der Waals surface area contributed by atoms with E-state index in [2.05, 4.69) is 19.2 Å². The second-order valence-corrected chi connectivity index (χ2v) is 5.76. The summed E-state index contributed by atoms with van der Waals surface area (Å²) in [6.07, 6.45) is -4.18. The van der Waals surface area contributed by atoms with Gasteiger partial charge in [0.15, 0.2) is 0 Å². The molecule has 0 amide bonds. The maximum atomic E-state index is 12.4. The van der Waals surface area contributed by atoms with E-state index < -0.39 is 12.7 Å². The van der Waals surface area contributed by atoms with Crippen LogP contribution in [0.4, 0.5) is 13.2 Å². The van der Waals surface area contributed by atoms with Gasteiger partial charge in [-0.1, -0.05) is 20.8 Å². The number of aryl methyl sites for hydroxylation is 1. The summed E-state index contributed by atoms with van der Waals surface area (Å²) >= 11 is 0. The summed E-state index contributed by atoms with van der Waals surface area (Å²) in [7, 11) is 0. The topological polar surface area (TPSA) is 28.4 Å². The lowest BCUT2D eigenvalue weighted by molar-refractivity contribution is -0.147. The van der Waals surface area contributed by atoms with Crippen LogP contribution in [0.2, 0.25) is 0 Å². The monoisotopic (exact) mass is 306 g/mol. The molecule has 0 spiro atoms. The summed E-state index contributed by atoms with van der Waals surface area (Å²) in [5.74, 6) is 1.93. The normalized spacial score (nSPS) is 12.6. The first-order valence-electron chi connectivity index (χ1n) is 7.29. The van der Waals surface area contributed by atoms with E-state index in [0.29, 0.717) is 24.8 Å². The Balaban J connectivity index is 2.59. The van der Waals surface area contributed by atoms with Crippen LogP contribution in [0.15, 0.2) is 10.5 Å². The molecule has 0 unspecified atom stereocenters. The van der Waals surface area contributed by atoms with Crippen LogP contribution >= 0.6 is 0 Å². The lowest BCUT2D eigenvalue weighted by atomic mass is 10.2. The van der Waals surface area contributed by atoms with E-state index in [1.165, 1.54) is 4.90 Å². The highest BCUT2D eigenvalue weighted by Gasteiger charge is 2.30. The van der Waals surface area contributed by atoms with E-state index in [1.807, 2.05) is 13.0 Å². The molecule has 1 N–H and O–H groups in total. The smallest absolute Gasteiger partial charge is 0.401 e. The molecular formula is C15H25F3N2O. The van der Waals surface area contributed by atoms with Crippen LogP contribution in [0.25, 0.3) is 0 Å². The lowest BCUT2D eigenvalue weighted by Crippen LogP contribution is -2.33. The Labute approximate surface area is 124 Å². The molecular weight excluding hydrogens is 281 g/mol. The van der Waals surface area contributed by atoms with Crippen LogP contribution in [0, 0.1) is 12.8 Å². The molecule has 0 aromatic carbocycles. The van der Waals surface area contributed by atoms with E-state index in [0.717, 1.165) is 17.9 Å². The third kappa shape index (κ3) is 7.00. The second kappa shape index (κ2) is 7.84. The van der Waals surface area contributed by atoms with Crippen LogP contribution in [-0.2, 0) is 13.1 Å². The number of nitrogens with one attached hydrogen (secondary N) is 1. The molecule has 0 aliphatic carbocycles. The molecule has 122 valence electrons. The summed E-state index contributed by atoms with van der Waals surface area (Å²) in [5, 5.41) is 3.27. The van der Waals surface area contributed by atoms with Crippen molar-refractivity contribution in [2.45, 2.75) is 47.0 Å². The molecule has 1 aromatic rings. The van der Waals surface area contributed by atoms with E-state index in [9.17, 15) is 13.2 Å². The molecule has 1 heterocycles. The average Bonchev–Trinajstić information content (AvgIpc) is 2.67. The molecule has 0 fully saturated rings. The summed E-state index contributed by atoms with van der Waals surface area (Å²) < 4.78 is 43.0. The van der Waals surface area contributed by atoms with Crippen molar-refractivity contribution in [1.82, 2.24) is 10.2 Å². The van der Waals surface area contributed by atoms with Crippen LogP contribution in [0.3, 0.4) is 0 Å². The fraction of sp³-hybridized carbons (Fsp3) is 0.733. The number of alkyl halides is 3. The highest BCUT2D eigenvalue weighted by molar-refractivity contribution is 5.20. The van der Waals surface area contributed by atoms with Gasteiger partial charge < -0.3 is 9.73 Å². The van der Waals surface area contributed by atoms with Crippen molar-refractivity contribution >= 4 is 0 Å². The Bertz CT molecular complexity index is 427. The van der Waals surface area contributed by atoms with Gasteiger partial charge in [0, 0.05) is 0 Å². The van der Waals surface area contributed by atoms with Gasteiger partial charge in [0.25, 0.3) is 0 Å². The van der Waals surface area contributed by atoms with E-state index >= 15 is 0 Å². The predicted molar refractivity (Wildman–Crippen MR) is 77.0 cm³/mol. The van der Waals surface area contributed by atoms with Crippen molar-refractivity contribution in [3.63, 3.8) is 0 Å². The van der Waals surface area contributed by atoms with Gasteiger partial charge in [-0.3, -0.25) is 4.90 Å². The van der Waals surface area contributed by atoms with Crippen LogP contribution in [0.5, 0.6) is 0 Å². The van der Waals surface area contributed by atoms with E-state index in [4.69, 9.17) is 4.42 Å². The molecule has 0 saturated heterocycles. The minimum absolute atomic E-state index is 0.182. The predicted octanol–water partition coefficient (Wildman–Crippen LogP) is 3.72. The number of rotatable bonds is 8. The molecule has 0 atom stereocenters. The van der Waals surface area contributed by atoms with Gasteiger partial charge in [-0.25, -0.2) is 0 Å². The van der Waals surface area contributed by atoms with Crippen molar-refractivity contribution in [2.75, 3.05) is 19.6 Å². The Hall–Kier alpha value is -1.01. The summed E-state index contributed by atoms with van der Waals surface area (Å²) in [4.78, 5) is 1.32. The lowest BCUT2D eigenvalue weighted by Gasteiger charge is -2.20. The first kappa shape index (κ1) is 18.0. The first-order chi connectivity index (χ1) is 9.71. The van der Waals surface area contributed by atoms with Gasteiger partial charge >= 0.3 is 6.18 Å². The van der Waals surface area contributed by atoms with Crippen LogP contribution in [0.1, 0.15) is 37.9 Å². The van der Waals surface area contributed by atoms with Crippen molar-refractivity contribution < 1.29 is 17.6 Å². The largest absolute Gasteiger partial charge is 0.463 e. The fourth-order valence-corrected chi connectivity index (χ4v) is 2.07. The summed E-state index contributed by atoms with van der Waals surface area (Å²) in [6, 6.07) is 1.82. The van der Waals surface area contributed by atoms with Gasteiger partial charge in [-0.2, -0.15) is 13.2 Å². The first-order valence-corrected chi connectivity index (χ1v) is 7.29. The quantitative estimate of drug-likeness (QED) is 0.793. The molecule has 0 radical (unpaired) electrons. The molecule has 21 heavy (non-hydrogen) atoms. The van der Waals surface area contributed by atoms with Gasteiger partial charge in [0.1, 0.15) is 11.5 Å². The molecule has 6 heteroatoms. The van der Waals surface area contributed by atoms with Crippen molar-refractivity contribution in [3.05, 3.63) is 23.2 Å². The Morgan fingerprint density at radius 3 is 2.52 bits per heavy atom. The number of furan rings is 1. The maximum absolute atomic E-state index is 12.4. The molecule has 1 aromatic heterocycles. The Kier molecular flexibility index (Phi) is 6.74. The fourth-order valence-electron chi connectivity index (χ4n) is 2.07. The molecule has 0 aliphatic rings. The van der Waals surface area contributed by atoms with Crippen LogP contribution < -0.4 is 5.32 Å².